The van der Waals surface area contributed by atoms with Crippen LogP contribution in [0.5, 0.6) is 0 Å². The second-order valence-electron chi connectivity index (χ2n) is 5.92. The Bertz CT molecular complexity index is 670. The van der Waals surface area contributed by atoms with E-state index in [9.17, 15) is 9.18 Å². The lowest BCUT2D eigenvalue weighted by Gasteiger charge is -2.15. The van der Waals surface area contributed by atoms with Crippen LogP contribution in [0.15, 0.2) is 29.6 Å². The molecular formula is C19H26FN3OS. The first-order valence-corrected chi connectivity index (χ1v) is 9.66. The van der Waals surface area contributed by atoms with E-state index in [1.807, 2.05) is 6.07 Å². The minimum atomic E-state index is -0.202. The van der Waals surface area contributed by atoms with Crippen LogP contribution >= 0.6 is 11.3 Å². The first-order chi connectivity index (χ1) is 12.1. The molecule has 2 aromatic rings. The number of aryl methyl sites for hydroxylation is 1. The summed E-state index contributed by atoms with van der Waals surface area (Å²) in [6.07, 6.45) is 1.61. The van der Waals surface area contributed by atoms with E-state index in [4.69, 9.17) is 0 Å². The highest BCUT2D eigenvalue weighted by Gasteiger charge is 2.08. The van der Waals surface area contributed by atoms with Crippen molar-refractivity contribution in [2.45, 2.75) is 46.2 Å². The molecule has 2 rings (SSSR count). The lowest BCUT2D eigenvalue weighted by atomic mass is 10.1. The number of halogens is 1. The molecule has 1 N–H and O–H groups in total. The van der Waals surface area contributed by atoms with Gasteiger partial charge in [0.05, 0.1) is 12.2 Å². The van der Waals surface area contributed by atoms with Crippen LogP contribution in [0.25, 0.3) is 0 Å². The van der Waals surface area contributed by atoms with Crippen molar-refractivity contribution in [3.8, 4) is 0 Å². The number of benzene rings is 1. The molecule has 0 saturated carbocycles. The summed E-state index contributed by atoms with van der Waals surface area (Å²) in [5.41, 5.74) is 1.72. The van der Waals surface area contributed by atoms with Gasteiger partial charge in [-0.15, -0.1) is 11.3 Å². The van der Waals surface area contributed by atoms with Crippen LogP contribution in [0.2, 0.25) is 0 Å². The normalized spacial score (nSPS) is 11.0. The number of carbonyl (C=O) groups excluding carboxylic acids is 1. The Balaban J connectivity index is 1.70. The maximum atomic E-state index is 13.5. The molecule has 0 spiro atoms. The molecule has 1 aromatic carbocycles. The lowest BCUT2D eigenvalue weighted by molar-refractivity contribution is -0.121. The van der Waals surface area contributed by atoms with Crippen LogP contribution in [0, 0.1) is 5.82 Å². The standard InChI is InChI=1S/C19H26FN3OS/c1-3-23(4-2)13-16-14-25-19(22-16)12-21-18(24)11-7-9-15-8-5-6-10-17(15)20/h5-6,8,10,14H,3-4,7,9,11-13H2,1-2H3,(H,21,24). The molecule has 136 valence electrons. The zero-order valence-electron chi connectivity index (χ0n) is 14.9. The Labute approximate surface area is 153 Å². The fourth-order valence-corrected chi connectivity index (χ4v) is 3.31. The summed E-state index contributed by atoms with van der Waals surface area (Å²) in [7, 11) is 0. The van der Waals surface area contributed by atoms with Gasteiger partial charge in [0.25, 0.3) is 0 Å². The molecule has 0 saturated heterocycles. The van der Waals surface area contributed by atoms with Gasteiger partial charge in [-0.05, 0) is 37.6 Å². The first kappa shape index (κ1) is 19.5. The summed E-state index contributed by atoms with van der Waals surface area (Å²) >= 11 is 1.58. The second kappa shape index (κ2) is 10.3. The summed E-state index contributed by atoms with van der Waals surface area (Å²) < 4.78 is 13.5. The molecular weight excluding hydrogens is 337 g/mol. The number of rotatable bonds is 10. The van der Waals surface area contributed by atoms with Crippen molar-refractivity contribution in [1.82, 2.24) is 15.2 Å². The third-order valence-corrected chi connectivity index (χ3v) is 5.02. The maximum Gasteiger partial charge on any atom is 0.220 e. The molecule has 1 amide bonds. The molecule has 0 aliphatic carbocycles. The Hall–Kier alpha value is -1.79. The molecule has 1 heterocycles. The van der Waals surface area contributed by atoms with E-state index in [0.717, 1.165) is 30.3 Å². The van der Waals surface area contributed by atoms with Gasteiger partial charge < -0.3 is 5.32 Å². The highest BCUT2D eigenvalue weighted by atomic mass is 32.1. The Kier molecular flexibility index (Phi) is 8.01. The van der Waals surface area contributed by atoms with Gasteiger partial charge in [0, 0.05) is 18.3 Å². The van der Waals surface area contributed by atoms with Crippen LogP contribution in [-0.4, -0.2) is 28.9 Å². The third kappa shape index (κ3) is 6.55. The first-order valence-electron chi connectivity index (χ1n) is 8.78. The molecule has 6 heteroatoms. The zero-order valence-corrected chi connectivity index (χ0v) is 15.7. The van der Waals surface area contributed by atoms with E-state index in [1.54, 1.807) is 23.5 Å². The van der Waals surface area contributed by atoms with Crippen molar-refractivity contribution in [2.75, 3.05) is 13.1 Å². The van der Waals surface area contributed by atoms with Crippen LogP contribution < -0.4 is 5.32 Å². The zero-order chi connectivity index (χ0) is 18.1. The number of amides is 1. The lowest BCUT2D eigenvalue weighted by Crippen LogP contribution is -2.23. The van der Waals surface area contributed by atoms with Gasteiger partial charge in [0.1, 0.15) is 10.8 Å². The quantitative estimate of drug-likeness (QED) is 0.699. The van der Waals surface area contributed by atoms with Crippen molar-refractivity contribution in [3.63, 3.8) is 0 Å². The summed E-state index contributed by atoms with van der Waals surface area (Å²) in [4.78, 5) is 18.8. The highest BCUT2D eigenvalue weighted by molar-refractivity contribution is 7.09. The summed E-state index contributed by atoms with van der Waals surface area (Å²) in [6, 6.07) is 6.71. The Morgan fingerprint density at radius 2 is 2.04 bits per heavy atom. The van der Waals surface area contributed by atoms with E-state index in [1.165, 1.54) is 6.07 Å². The van der Waals surface area contributed by atoms with Crippen molar-refractivity contribution >= 4 is 17.2 Å². The fraction of sp³-hybridized carbons (Fsp3) is 0.474. The van der Waals surface area contributed by atoms with Gasteiger partial charge in [-0.1, -0.05) is 32.0 Å². The minimum absolute atomic E-state index is 0.0168. The van der Waals surface area contributed by atoms with Gasteiger partial charge in [0.15, 0.2) is 0 Å². The number of nitrogens with zero attached hydrogens (tertiary/aromatic N) is 2. The monoisotopic (exact) mass is 363 g/mol. The number of hydrogen-bond acceptors (Lipinski definition) is 4. The molecule has 1 aromatic heterocycles. The predicted octanol–water partition coefficient (Wildman–Crippen LogP) is 3.76. The third-order valence-electron chi connectivity index (χ3n) is 4.12. The molecule has 0 aliphatic heterocycles. The molecule has 0 radical (unpaired) electrons. The highest BCUT2D eigenvalue weighted by Crippen LogP contribution is 2.12. The van der Waals surface area contributed by atoms with Crippen molar-refractivity contribution in [3.05, 3.63) is 51.7 Å². The topological polar surface area (TPSA) is 45.2 Å². The van der Waals surface area contributed by atoms with E-state index in [-0.39, 0.29) is 11.7 Å². The van der Waals surface area contributed by atoms with Gasteiger partial charge in [-0.25, -0.2) is 9.37 Å². The SMILES string of the molecule is CCN(CC)Cc1csc(CNC(=O)CCCc2ccccc2F)n1. The number of thiazole rings is 1. The van der Waals surface area contributed by atoms with Crippen molar-refractivity contribution < 1.29 is 9.18 Å². The van der Waals surface area contributed by atoms with Crippen LogP contribution in [0.4, 0.5) is 4.39 Å². The van der Waals surface area contributed by atoms with Crippen LogP contribution in [0.3, 0.4) is 0 Å². The van der Waals surface area contributed by atoms with E-state index in [2.05, 4.69) is 34.4 Å². The Morgan fingerprint density at radius 1 is 1.28 bits per heavy atom. The Morgan fingerprint density at radius 3 is 2.76 bits per heavy atom. The van der Waals surface area contributed by atoms with Gasteiger partial charge in [-0.2, -0.15) is 0 Å². The smallest absolute Gasteiger partial charge is 0.220 e. The predicted molar refractivity (Wildman–Crippen MR) is 99.9 cm³/mol. The van der Waals surface area contributed by atoms with Gasteiger partial charge in [0.2, 0.25) is 5.91 Å². The number of carbonyl (C=O) groups is 1. The average molecular weight is 364 g/mol. The summed E-state index contributed by atoms with van der Waals surface area (Å²) in [6.45, 7) is 7.59. The van der Waals surface area contributed by atoms with Crippen LogP contribution in [-0.2, 0) is 24.3 Å². The molecule has 4 nitrogen and oxygen atoms in total. The summed E-state index contributed by atoms with van der Waals surface area (Å²) in [5.74, 6) is -0.219. The number of nitrogens with one attached hydrogen (secondary N) is 1. The van der Waals surface area contributed by atoms with E-state index >= 15 is 0 Å². The van der Waals surface area contributed by atoms with E-state index < -0.39 is 0 Å². The molecule has 0 aliphatic rings. The van der Waals surface area contributed by atoms with Gasteiger partial charge in [-0.3, -0.25) is 9.69 Å². The summed E-state index contributed by atoms with van der Waals surface area (Å²) in [5, 5.41) is 5.87. The maximum absolute atomic E-state index is 13.5. The largest absolute Gasteiger partial charge is 0.350 e. The van der Waals surface area contributed by atoms with Gasteiger partial charge >= 0.3 is 0 Å². The van der Waals surface area contributed by atoms with E-state index in [0.29, 0.717) is 31.4 Å². The number of aromatic nitrogens is 1. The number of hydrogen-bond donors (Lipinski definition) is 1. The van der Waals surface area contributed by atoms with Crippen LogP contribution in [0.1, 0.15) is 43.0 Å². The average Bonchev–Trinajstić information content (AvgIpc) is 3.07. The molecule has 25 heavy (non-hydrogen) atoms. The molecule has 0 fully saturated rings. The molecule has 0 unspecified atom stereocenters. The minimum Gasteiger partial charge on any atom is -0.350 e. The molecule has 0 atom stereocenters. The molecule has 0 bridgehead atoms. The second-order valence-corrected chi connectivity index (χ2v) is 6.86. The fourth-order valence-electron chi connectivity index (χ4n) is 2.58. The van der Waals surface area contributed by atoms with Crippen molar-refractivity contribution in [1.29, 1.82) is 0 Å². The van der Waals surface area contributed by atoms with Crippen molar-refractivity contribution in [2.24, 2.45) is 0 Å².